The first kappa shape index (κ1) is 15.3. The van der Waals surface area contributed by atoms with Gasteiger partial charge in [-0.05, 0) is 42.2 Å². The van der Waals surface area contributed by atoms with Crippen LogP contribution >= 0.6 is 0 Å². The minimum absolute atomic E-state index is 0.0858. The van der Waals surface area contributed by atoms with Crippen molar-refractivity contribution in [3.05, 3.63) is 78.3 Å². The normalized spacial score (nSPS) is 12.6. The SMILES string of the molecule is C=C(COC(/C=C/c1ccco1)CC)Cc1ccccc1. The predicted octanol–water partition coefficient (Wildman–Crippen LogP) is 4.89. The summed E-state index contributed by atoms with van der Waals surface area (Å²) in [5, 5.41) is 0. The van der Waals surface area contributed by atoms with Crippen molar-refractivity contribution in [2.75, 3.05) is 6.61 Å². The Balaban J connectivity index is 1.78. The van der Waals surface area contributed by atoms with Gasteiger partial charge in [-0.2, -0.15) is 0 Å². The quantitative estimate of drug-likeness (QED) is 0.643. The Labute approximate surface area is 126 Å². The standard InChI is InChI=1S/C19H22O2/c1-3-18(11-12-19-10-7-13-20-19)21-15-16(2)14-17-8-5-4-6-9-17/h4-13,18H,2-3,14-15H2,1H3/b12-11+. The molecule has 1 aromatic heterocycles. The van der Waals surface area contributed by atoms with Gasteiger partial charge in [0, 0.05) is 0 Å². The van der Waals surface area contributed by atoms with Gasteiger partial charge in [0.1, 0.15) is 5.76 Å². The van der Waals surface area contributed by atoms with E-state index in [1.54, 1.807) is 6.26 Å². The molecule has 0 saturated heterocycles. The maximum Gasteiger partial charge on any atom is 0.126 e. The van der Waals surface area contributed by atoms with E-state index in [2.05, 4.69) is 25.6 Å². The molecule has 0 aliphatic heterocycles. The van der Waals surface area contributed by atoms with Crippen LogP contribution in [0.4, 0.5) is 0 Å². The molecular formula is C19H22O2. The van der Waals surface area contributed by atoms with Gasteiger partial charge in [0.05, 0.1) is 19.0 Å². The summed E-state index contributed by atoms with van der Waals surface area (Å²) in [4.78, 5) is 0. The van der Waals surface area contributed by atoms with Gasteiger partial charge in [-0.1, -0.05) is 49.9 Å². The van der Waals surface area contributed by atoms with Crippen molar-refractivity contribution < 1.29 is 9.15 Å². The summed E-state index contributed by atoms with van der Waals surface area (Å²) >= 11 is 0. The van der Waals surface area contributed by atoms with E-state index in [-0.39, 0.29) is 6.10 Å². The number of hydrogen-bond acceptors (Lipinski definition) is 2. The summed E-state index contributed by atoms with van der Waals surface area (Å²) in [5.41, 5.74) is 2.36. The van der Waals surface area contributed by atoms with Gasteiger partial charge in [-0.3, -0.25) is 0 Å². The molecule has 2 nitrogen and oxygen atoms in total. The van der Waals surface area contributed by atoms with Crippen LogP contribution in [-0.2, 0) is 11.2 Å². The van der Waals surface area contributed by atoms with Crippen molar-refractivity contribution in [2.45, 2.75) is 25.9 Å². The van der Waals surface area contributed by atoms with Gasteiger partial charge in [0.2, 0.25) is 0 Å². The maximum absolute atomic E-state index is 5.90. The van der Waals surface area contributed by atoms with Crippen molar-refractivity contribution in [2.24, 2.45) is 0 Å². The number of furan rings is 1. The van der Waals surface area contributed by atoms with E-state index >= 15 is 0 Å². The molecule has 0 saturated carbocycles. The highest BCUT2D eigenvalue weighted by Gasteiger charge is 2.04. The van der Waals surface area contributed by atoms with Gasteiger partial charge >= 0.3 is 0 Å². The third-order valence-corrected chi connectivity index (χ3v) is 3.22. The molecule has 2 aromatic rings. The van der Waals surface area contributed by atoms with Gasteiger partial charge in [-0.25, -0.2) is 0 Å². The monoisotopic (exact) mass is 282 g/mol. The maximum atomic E-state index is 5.90. The summed E-state index contributed by atoms with van der Waals surface area (Å²) in [6.45, 7) is 6.79. The fourth-order valence-corrected chi connectivity index (χ4v) is 2.06. The first-order valence-electron chi connectivity index (χ1n) is 7.32. The summed E-state index contributed by atoms with van der Waals surface area (Å²) in [5.74, 6) is 0.847. The predicted molar refractivity (Wildman–Crippen MR) is 87.1 cm³/mol. The van der Waals surface area contributed by atoms with Gasteiger partial charge < -0.3 is 9.15 Å². The third kappa shape index (κ3) is 5.44. The molecule has 0 fully saturated rings. The minimum Gasteiger partial charge on any atom is -0.465 e. The van der Waals surface area contributed by atoms with Gasteiger partial charge in [-0.15, -0.1) is 0 Å². The van der Waals surface area contributed by atoms with Crippen molar-refractivity contribution in [1.29, 1.82) is 0 Å². The van der Waals surface area contributed by atoms with E-state index in [0.29, 0.717) is 6.61 Å². The number of benzene rings is 1. The molecule has 1 heterocycles. The van der Waals surface area contributed by atoms with Crippen LogP contribution in [0.15, 0.2) is 71.4 Å². The van der Waals surface area contributed by atoms with Crippen LogP contribution in [0, 0.1) is 0 Å². The minimum atomic E-state index is 0.0858. The smallest absolute Gasteiger partial charge is 0.126 e. The Kier molecular flexibility index (Phi) is 6.04. The van der Waals surface area contributed by atoms with Crippen molar-refractivity contribution in [3.63, 3.8) is 0 Å². The molecule has 1 aromatic carbocycles. The van der Waals surface area contributed by atoms with Crippen LogP contribution in [0.2, 0.25) is 0 Å². The lowest BCUT2D eigenvalue weighted by Crippen LogP contribution is -2.11. The second kappa shape index (κ2) is 8.28. The van der Waals surface area contributed by atoms with E-state index in [0.717, 1.165) is 24.2 Å². The zero-order chi connectivity index (χ0) is 14.9. The fourth-order valence-electron chi connectivity index (χ4n) is 2.06. The molecule has 0 aliphatic rings. The lowest BCUT2D eigenvalue weighted by atomic mass is 10.1. The molecule has 110 valence electrons. The molecule has 0 amide bonds. The summed E-state index contributed by atoms with van der Waals surface area (Å²) in [7, 11) is 0. The Morgan fingerprint density at radius 2 is 2.05 bits per heavy atom. The highest BCUT2D eigenvalue weighted by Crippen LogP contribution is 2.11. The second-order valence-corrected chi connectivity index (χ2v) is 5.04. The molecule has 2 heteroatoms. The summed E-state index contributed by atoms with van der Waals surface area (Å²) < 4.78 is 11.2. The van der Waals surface area contributed by atoms with E-state index in [1.807, 2.05) is 42.5 Å². The van der Waals surface area contributed by atoms with E-state index in [4.69, 9.17) is 9.15 Å². The zero-order valence-electron chi connectivity index (χ0n) is 12.5. The Morgan fingerprint density at radius 3 is 2.71 bits per heavy atom. The van der Waals surface area contributed by atoms with E-state index < -0.39 is 0 Å². The van der Waals surface area contributed by atoms with Crippen molar-refractivity contribution in [3.8, 4) is 0 Å². The van der Waals surface area contributed by atoms with Crippen LogP contribution in [0.3, 0.4) is 0 Å². The first-order chi connectivity index (χ1) is 10.3. The lowest BCUT2D eigenvalue weighted by molar-refractivity contribution is 0.101. The van der Waals surface area contributed by atoms with Gasteiger partial charge in [0.25, 0.3) is 0 Å². The highest BCUT2D eigenvalue weighted by atomic mass is 16.5. The average molecular weight is 282 g/mol. The van der Waals surface area contributed by atoms with Crippen LogP contribution in [0.25, 0.3) is 6.08 Å². The molecule has 2 rings (SSSR count). The van der Waals surface area contributed by atoms with Crippen LogP contribution < -0.4 is 0 Å². The van der Waals surface area contributed by atoms with Crippen LogP contribution in [-0.4, -0.2) is 12.7 Å². The molecule has 0 spiro atoms. The van der Waals surface area contributed by atoms with E-state index in [1.165, 1.54) is 5.56 Å². The third-order valence-electron chi connectivity index (χ3n) is 3.22. The lowest BCUT2D eigenvalue weighted by Gasteiger charge is -2.13. The molecule has 0 aliphatic carbocycles. The molecule has 0 bridgehead atoms. The zero-order valence-corrected chi connectivity index (χ0v) is 12.5. The van der Waals surface area contributed by atoms with Crippen LogP contribution in [0.5, 0.6) is 0 Å². The molecule has 0 radical (unpaired) electrons. The number of rotatable bonds is 8. The fraction of sp³-hybridized carbons (Fsp3) is 0.263. The van der Waals surface area contributed by atoms with Gasteiger partial charge in [0.15, 0.2) is 0 Å². The van der Waals surface area contributed by atoms with Crippen LogP contribution in [0.1, 0.15) is 24.7 Å². The molecule has 1 atom stereocenters. The summed E-state index contributed by atoms with van der Waals surface area (Å²) in [6.07, 6.45) is 7.53. The summed E-state index contributed by atoms with van der Waals surface area (Å²) in [6, 6.07) is 14.1. The Hall–Kier alpha value is -2.06. The number of ether oxygens (including phenoxy) is 1. The topological polar surface area (TPSA) is 22.4 Å². The second-order valence-electron chi connectivity index (χ2n) is 5.04. The Bertz CT molecular complexity index is 553. The van der Waals surface area contributed by atoms with Crippen molar-refractivity contribution in [1.82, 2.24) is 0 Å². The van der Waals surface area contributed by atoms with Crippen molar-refractivity contribution >= 4 is 6.08 Å². The largest absolute Gasteiger partial charge is 0.465 e. The molecule has 0 N–H and O–H groups in total. The average Bonchev–Trinajstić information content (AvgIpc) is 3.02. The highest BCUT2D eigenvalue weighted by molar-refractivity contribution is 5.42. The Morgan fingerprint density at radius 1 is 1.24 bits per heavy atom. The molecule has 21 heavy (non-hydrogen) atoms. The number of hydrogen-bond donors (Lipinski definition) is 0. The molecular weight excluding hydrogens is 260 g/mol. The molecule has 1 unspecified atom stereocenters. The first-order valence-corrected chi connectivity index (χ1v) is 7.32. The van der Waals surface area contributed by atoms with E-state index in [9.17, 15) is 0 Å².